The SMILES string of the molecule is N#C/C(=C\Nc1ccc(F)c(F)c1)c1nc(-c2ccc(Cl)c(Cl)c2)cs1. The first kappa shape index (κ1) is 18.3. The van der Waals surface area contributed by atoms with Gasteiger partial charge in [0.2, 0.25) is 0 Å². The highest BCUT2D eigenvalue weighted by atomic mass is 35.5. The normalized spacial score (nSPS) is 11.3. The smallest absolute Gasteiger partial charge is 0.160 e. The number of thiazole rings is 1. The molecular weight excluding hydrogens is 399 g/mol. The van der Waals surface area contributed by atoms with Gasteiger partial charge < -0.3 is 5.32 Å². The summed E-state index contributed by atoms with van der Waals surface area (Å²) >= 11 is 13.2. The summed E-state index contributed by atoms with van der Waals surface area (Å²) in [5, 5.41) is 15.2. The van der Waals surface area contributed by atoms with Crippen molar-refractivity contribution in [2.45, 2.75) is 0 Å². The first-order valence-electron chi connectivity index (χ1n) is 7.21. The van der Waals surface area contributed by atoms with E-state index in [1.807, 2.05) is 6.07 Å². The predicted octanol–water partition coefficient (Wildman–Crippen LogP) is 6.37. The molecule has 0 aliphatic rings. The number of allylic oxidation sites excluding steroid dienone is 1. The van der Waals surface area contributed by atoms with Crippen molar-refractivity contribution in [3.05, 3.63) is 74.7 Å². The van der Waals surface area contributed by atoms with Crippen LogP contribution < -0.4 is 5.32 Å². The van der Waals surface area contributed by atoms with E-state index >= 15 is 0 Å². The largest absolute Gasteiger partial charge is 0.360 e. The van der Waals surface area contributed by atoms with Crippen molar-refractivity contribution in [1.82, 2.24) is 4.98 Å². The molecule has 0 radical (unpaired) electrons. The number of rotatable bonds is 4. The summed E-state index contributed by atoms with van der Waals surface area (Å²) in [6, 6.07) is 10.5. The highest BCUT2D eigenvalue weighted by Gasteiger charge is 2.10. The predicted molar refractivity (Wildman–Crippen MR) is 101 cm³/mol. The Morgan fingerprint density at radius 1 is 1.12 bits per heavy atom. The lowest BCUT2D eigenvalue weighted by molar-refractivity contribution is 0.509. The molecule has 1 N–H and O–H groups in total. The van der Waals surface area contributed by atoms with E-state index in [1.165, 1.54) is 23.6 Å². The van der Waals surface area contributed by atoms with Crippen LogP contribution in [0.4, 0.5) is 14.5 Å². The van der Waals surface area contributed by atoms with Gasteiger partial charge in [0.15, 0.2) is 11.6 Å². The molecule has 0 fully saturated rings. The summed E-state index contributed by atoms with van der Waals surface area (Å²) in [7, 11) is 0. The topological polar surface area (TPSA) is 48.7 Å². The molecule has 0 saturated heterocycles. The van der Waals surface area contributed by atoms with E-state index < -0.39 is 11.6 Å². The maximum absolute atomic E-state index is 13.2. The second kappa shape index (κ2) is 7.83. The third kappa shape index (κ3) is 4.02. The third-order valence-corrected chi connectivity index (χ3v) is 4.99. The average molecular weight is 408 g/mol. The Labute approximate surface area is 162 Å². The van der Waals surface area contributed by atoms with Crippen molar-refractivity contribution in [3.63, 3.8) is 0 Å². The van der Waals surface area contributed by atoms with Gasteiger partial charge in [-0.05, 0) is 24.3 Å². The lowest BCUT2D eigenvalue weighted by Crippen LogP contribution is -1.93. The number of hydrogen-bond donors (Lipinski definition) is 1. The van der Waals surface area contributed by atoms with Gasteiger partial charge in [-0.3, -0.25) is 0 Å². The molecule has 0 aliphatic heterocycles. The molecule has 3 rings (SSSR count). The van der Waals surface area contributed by atoms with Crippen LogP contribution >= 0.6 is 34.5 Å². The van der Waals surface area contributed by atoms with Crippen molar-refractivity contribution in [2.75, 3.05) is 5.32 Å². The second-order valence-electron chi connectivity index (χ2n) is 5.11. The van der Waals surface area contributed by atoms with Crippen molar-refractivity contribution in [3.8, 4) is 17.3 Å². The molecule has 26 heavy (non-hydrogen) atoms. The summed E-state index contributed by atoms with van der Waals surface area (Å²) in [6.45, 7) is 0. The molecule has 0 spiro atoms. The van der Waals surface area contributed by atoms with Gasteiger partial charge in [0, 0.05) is 28.9 Å². The van der Waals surface area contributed by atoms with Crippen LogP contribution in [0.15, 0.2) is 48.0 Å². The first-order chi connectivity index (χ1) is 12.5. The molecule has 8 heteroatoms. The van der Waals surface area contributed by atoms with Gasteiger partial charge >= 0.3 is 0 Å². The summed E-state index contributed by atoms with van der Waals surface area (Å²) in [4.78, 5) is 4.42. The van der Waals surface area contributed by atoms with Crippen LogP contribution in [0.2, 0.25) is 10.0 Å². The second-order valence-corrected chi connectivity index (χ2v) is 6.78. The van der Waals surface area contributed by atoms with Crippen molar-refractivity contribution in [1.29, 1.82) is 5.26 Å². The van der Waals surface area contributed by atoms with Gasteiger partial charge in [-0.25, -0.2) is 13.8 Å². The van der Waals surface area contributed by atoms with Gasteiger partial charge in [-0.2, -0.15) is 5.26 Å². The van der Waals surface area contributed by atoms with Crippen LogP contribution in [0, 0.1) is 23.0 Å². The standard InChI is InChI=1S/C18H9Cl2F2N3S/c19-13-3-1-10(5-14(13)20)17-9-26-18(25-17)11(7-23)8-24-12-2-4-15(21)16(22)6-12/h1-6,8-9,24H/b11-8+. The number of nitrogens with zero attached hydrogens (tertiary/aromatic N) is 2. The molecule has 0 aliphatic carbocycles. The van der Waals surface area contributed by atoms with Crippen LogP contribution in [0.1, 0.15) is 5.01 Å². The zero-order valence-corrected chi connectivity index (χ0v) is 15.3. The van der Waals surface area contributed by atoms with E-state index in [4.69, 9.17) is 23.2 Å². The molecular formula is C18H9Cl2F2N3S. The van der Waals surface area contributed by atoms with Gasteiger partial charge in [-0.15, -0.1) is 11.3 Å². The molecule has 0 atom stereocenters. The highest BCUT2D eigenvalue weighted by molar-refractivity contribution is 7.11. The van der Waals surface area contributed by atoms with Crippen LogP contribution in [0.25, 0.3) is 16.8 Å². The van der Waals surface area contributed by atoms with E-state index in [0.717, 1.165) is 17.7 Å². The molecule has 3 aromatic rings. The van der Waals surface area contributed by atoms with E-state index in [2.05, 4.69) is 10.3 Å². The Morgan fingerprint density at radius 2 is 1.92 bits per heavy atom. The van der Waals surface area contributed by atoms with Gasteiger partial charge in [0.1, 0.15) is 16.6 Å². The fourth-order valence-electron chi connectivity index (χ4n) is 2.07. The molecule has 3 nitrogen and oxygen atoms in total. The lowest BCUT2D eigenvalue weighted by Gasteiger charge is -2.02. The molecule has 1 aromatic heterocycles. The van der Waals surface area contributed by atoms with Crippen LogP contribution in [-0.2, 0) is 0 Å². The monoisotopic (exact) mass is 407 g/mol. The summed E-state index contributed by atoms with van der Waals surface area (Å²) in [5.41, 5.74) is 1.99. The minimum atomic E-state index is -0.974. The van der Waals surface area contributed by atoms with E-state index in [1.54, 1.807) is 23.6 Å². The third-order valence-electron chi connectivity index (χ3n) is 3.37. The maximum Gasteiger partial charge on any atom is 0.160 e. The Bertz CT molecular complexity index is 1040. The quantitative estimate of drug-likeness (QED) is 0.510. The molecule has 1 heterocycles. The number of nitriles is 1. The molecule has 0 unspecified atom stereocenters. The molecule has 0 amide bonds. The van der Waals surface area contributed by atoms with Gasteiger partial charge in [-0.1, -0.05) is 29.3 Å². The van der Waals surface area contributed by atoms with E-state index in [0.29, 0.717) is 26.4 Å². The fraction of sp³-hybridized carbons (Fsp3) is 0. The Balaban J connectivity index is 1.84. The highest BCUT2D eigenvalue weighted by Crippen LogP contribution is 2.30. The number of benzene rings is 2. The van der Waals surface area contributed by atoms with Crippen LogP contribution in [0.5, 0.6) is 0 Å². The van der Waals surface area contributed by atoms with E-state index in [9.17, 15) is 14.0 Å². The van der Waals surface area contributed by atoms with Gasteiger partial charge in [0.25, 0.3) is 0 Å². The minimum absolute atomic E-state index is 0.256. The molecule has 0 bridgehead atoms. The summed E-state index contributed by atoms with van der Waals surface area (Å²) in [6.07, 6.45) is 1.39. The van der Waals surface area contributed by atoms with Crippen molar-refractivity contribution < 1.29 is 8.78 Å². The summed E-state index contributed by atoms with van der Waals surface area (Å²) < 4.78 is 26.2. The van der Waals surface area contributed by atoms with Gasteiger partial charge in [0.05, 0.1) is 15.7 Å². The fourth-order valence-corrected chi connectivity index (χ4v) is 3.16. The Morgan fingerprint density at radius 3 is 2.62 bits per heavy atom. The Hall–Kier alpha value is -2.46. The molecule has 2 aromatic carbocycles. The Kier molecular flexibility index (Phi) is 5.52. The summed E-state index contributed by atoms with van der Waals surface area (Å²) in [5.74, 6) is -1.91. The number of hydrogen-bond acceptors (Lipinski definition) is 4. The lowest BCUT2D eigenvalue weighted by atomic mass is 10.2. The van der Waals surface area contributed by atoms with Crippen LogP contribution in [0.3, 0.4) is 0 Å². The maximum atomic E-state index is 13.2. The van der Waals surface area contributed by atoms with Crippen LogP contribution in [-0.4, -0.2) is 4.98 Å². The number of halogens is 4. The molecule has 130 valence electrons. The zero-order valence-electron chi connectivity index (χ0n) is 12.9. The van der Waals surface area contributed by atoms with Crippen molar-refractivity contribution >= 4 is 45.8 Å². The zero-order chi connectivity index (χ0) is 18.7. The number of anilines is 1. The number of nitrogens with one attached hydrogen (secondary N) is 1. The molecule has 0 saturated carbocycles. The van der Waals surface area contributed by atoms with Crippen molar-refractivity contribution in [2.24, 2.45) is 0 Å². The minimum Gasteiger partial charge on any atom is -0.360 e. The van der Waals surface area contributed by atoms with E-state index in [-0.39, 0.29) is 5.57 Å². The average Bonchev–Trinajstić information content (AvgIpc) is 3.11. The number of aromatic nitrogens is 1. The first-order valence-corrected chi connectivity index (χ1v) is 8.84.